The van der Waals surface area contributed by atoms with Gasteiger partial charge in [0.1, 0.15) is 0 Å². The summed E-state index contributed by atoms with van der Waals surface area (Å²) in [4.78, 5) is 27.9. The molecule has 2 aromatic rings. The lowest BCUT2D eigenvalue weighted by molar-refractivity contribution is -0.384. The van der Waals surface area contributed by atoms with E-state index in [-0.39, 0.29) is 17.6 Å². The molecule has 1 aliphatic rings. The molecule has 8 nitrogen and oxygen atoms in total. The molecule has 29 heavy (non-hydrogen) atoms. The molecule has 1 atom stereocenters. The van der Waals surface area contributed by atoms with Gasteiger partial charge in [-0.1, -0.05) is 30.3 Å². The van der Waals surface area contributed by atoms with Gasteiger partial charge in [-0.3, -0.25) is 14.9 Å². The van der Waals surface area contributed by atoms with Crippen LogP contribution >= 0.6 is 0 Å². The number of anilines is 1. The number of carbonyl (C=O) groups excluding carboxylic acids is 1. The summed E-state index contributed by atoms with van der Waals surface area (Å²) >= 11 is 0. The zero-order valence-corrected chi connectivity index (χ0v) is 16.7. The summed E-state index contributed by atoms with van der Waals surface area (Å²) in [6.45, 7) is 2.80. The number of ether oxygens (including phenoxy) is 1. The molecule has 0 saturated carbocycles. The fraction of sp³-hybridized carbons (Fsp3) is 0.381. The van der Waals surface area contributed by atoms with Crippen LogP contribution < -0.4 is 10.2 Å². The maximum atomic E-state index is 13.0. The van der Waals surface area contributed by atoms with Gasteiger partial charge in [0.05, 0.1) is 35.4 Å². The molecule has 0 aliphatic carbocycles. The normalized spacial score (nSPS) is 15.2. The summed E-state index contributed by atoms with van der Waals surface area (Å²) in [5.74, 6) is -0.321. The number of nitro benzene ring substituents is 1. The van der Waals surface area contributed by atoms with Gasteiger partial charge in [-0.15, -0.1) is 0 Å². The molecule has 0 spiro atoms. The Balaban J connectivity index is 1.82. The van der Waals surface area contributed by atoms with Crippen molar-refractivity contribution in [2.45, 2.75) is 6.04 Å². The highest BCUT2D eigenvalue weighted by molar-refractivity contribution is 6.00. The Morgan fingerprint density at radius 1 is 1.21 bits per heavy atom. The second-order valence-electron chi connectivity index (χ2n) is 7.16. The van der Waals surface area contributed by atoms with Gasteiger partial charge in [-0.05, 0) is 25.7 Å². The first-order chi connectivity index (χ1) is 14.0. The lowest BCUT2D eigenvalue weighted by atomic mass is 10.1. The molecule has 1 N–H and O–H groups in total. The third-order valence-corrected chi connectivity index (χ3v) is 5.05. The number of morpholine rings is 1. The van der Waals surface area contributed by atoms with E-state index in [4.69, 9.17) is 4.74 Å². The van der Waals surface area contributed by atoms with Gasteiger partial charge in [0.15, 0.2) is 0 Å². The smallest absolute Gasteiger partial charge is 0.270 e. The minimum atomic E-state index is -0.480. The number of non-ortho nitro benzene ring substituents is 1. The van der Waals surface area contributed by atoms with Crippen LogP contribution in [0, 0.1) is 10.1 Å². The van der Waals surface area contributed by atoms with Crippen molar-refractivity contribution in [1.29, 1.82) is 0 Å². The van der Waals surface area contributed by atoms with Crippen LogP contribution in [0.4, 0.5) is 11.4 Å². The molecule has 3 rings (SSSR count). The molecule has 1 amide bonds. The van der Waals surface area contributed by atoms with Gasteiger partial charge in [0, 0.05) is 31.8 Å². The maximum Gasteiger partial charge on any atom is 0.270 e. The molecule has 0 unspecified atom stereocenters. The van der Waals surface area contributed by atoms with E-state index in [9.17, 15) is 14.9 Å². The van der Waals surface area contributed by atoms with E-state index in [2.05, 4.69) is 5.32 Å². The van der Waals surface area contributed by atoms with E-state index in [0.29, 0.717) is 44.1 Å². The first kappa shape index (κ1) is 20.8. The third-order valence-electron chi connectivity index (χ3n) is 5.05. The average Bonchev–Trinajstić information content (AvgIpc) is 2.74. The zero-order valence-electron chi connectivity index (χ0n) is 16.7. The van der Waals surface area contributed by atoms with E-state index in [0.717, 1.165) is 5.56 Å². The summed E-state index contributed by atoms with van der Waals surface area (Å²) in [6.07, 6.45) is 0. The molecule has 0 aromatic heterocycles. The molecule has 8 heteroatoms. The number of nitro groups is 1. The number of nitrogens with one attached hydrogen (secondary N) is 1. The topological polar surface area (TPSA) is 88.0 Å². The van der Waals surface area contributed by atoms with Crippen LogP contribution in [0.2, 0.25) is 0 Å². The van der Waals surface area contributed by atoms with Crippen LogP contribution in [-0.4, -0.2) is 62.7 Å². The maximum absolute atomic E-state index is 13.0. The van der Waals surface area contributed by atoms with Gasteiger partial charge in [0.2, 0.25) is 0 Å². The predicted octanol–water partition coefficient (Wildman–Crippen LogP) is 2.46. The Kier molecular flexibility index (Phi) is 6.79. The van der Waals surface area contributed by atoms with Gasteiger partial charge in [0.25, 0.3) is 11.6 Å². The average molecular weight is 398 g/mol. The van der Waals surface area contributed by atoms with E-state index < -0.39 is 4.92 Å². The van der Waals surface area contributed by atoms with Crippen LogP contribution in [0.25, 0.3) is 0 Å². The number of amides is 1. The minimum Gasteiger partial charge on any atom is -0.378 e. The van der Waals surface area contributed by atoms with E-state index in [1.54, 1.807) is 6.07 Å². The molecule has 0 radical (unpaired) electrons. The van der Waals surface area contributed by atoms with Crippen molar-refractivity contribution in [3.8, 4) is 0 Å². The van der Waals surface area contributed by atoms with Gasteiger partial charge in [-0.25, -0.2) is 0 Å². The standard InChI is InChI=1S/C21H26N4O4/c1-23(2)20(16-6-4-3-5-7-16)15-22-21(26)18-14-17(25(27)28)8-9-19(18)24-10-12-29-13-11-24/h3-9,14,20H,10-13,15H2,1-2H3,(H,22,26)/t20-/m1/s1. The third kappa shape index (κ3) is 5.10. The number of nitrogens with zero attached hydrogens (tertiary/aromatic N) is 3. The fourth-order valence-corrected chi connectivity index (χ4v) is 3.46. The number of carbonyl (C=O) groups is 1. The Bertz CT molecular complexity index is 851. The van der Waals surface area contributed by atoms with Crippen molar-refractivity contribution in [3.05, 3.63) is 69.8 Å². The van der Waals surface area contributed by atoms with Gasteiger partial charge < -0.3 is 19.9 Å². The summed E-state index contributed by atoms with van der Waals surface area (Å²) in [7, 11) is 3.91. The largest absolute Gasteiger partial charge is 0.378 e. The lowest BCUT2D eigenvalue weighted by Crippen LogP contribution is -2.39. The van der Waals surface area contributed by atoms with Gasteiger partial charge >= 0.3 is 0 Å². The Morgan fingerprint density at radius 3 is 2.52 bits per heavy atom. The first-order valence-corrected chi connectivity index (χ1v) is 9.58. The Labute approximate surface area is 170 Å². The van der Waals surface area contributed by atoms with E-state index in [1.807, 2.05) is 54.2 Å². The first-order valence-electron chi connectivity index (χ1n) is 9.58. The van der Waals surface area contributed by atoms with E-state index in [1.165, 1.54) is 12.1 Å². The molecule has 1 saturated heterocycles. The molecular formula is C21H26N4O4. The number of likely N-dealkylation sites (N-methyl/N-ethyl adjacent to an activating group) is 1. The van der Waals surface area contributed by atoms with Crippen LogP contribution in [0.1, 0.15) is 22.0 Å². The quantitative estimate of drug-likeness (QED) is 0.569. The summed E-state index contributed by atoms with van der Waals surface area (Å²) in [5, 5.41) is 14.2. The van der Waals surface area contributed by atoms with E-state index >= 15 is 0 Å². The zero-order chi connectivity index (χ0) is 20.8. The second kappa shape index (κ2) is 9.49. The SMILES string of the molecule is CN(C)[C@H](CNC(=O)c1cc([N+](=O)[O-])ccc1N1CCOCC1)c1ccccc1. The van der Waals surface area contributed by atoms with Crippen LogP contribution in [-0.2, 0) is 4.74 Å². The molecule has 0 bridgehead atoms. The number of rotatable bonds is 7. The highest BCUT2D eigenvalue weighted by Crippen LogP contribution is 2.27. The molecular weight excluding hydrogens is 372 g/mol. The Morgan fingerprint density at radius 2 is 1.90 bits per heavy atom. The highest BCUT2D eigenvalue weighted by Gasteiger charge is 2.23. The molecule has 2 aromatic carbocycles. The predicted molar refractivity (Wildman–Crippen MR) is 111 cm³/mol. The fourth-order valence-electron chi connectivity index (χ4n) is 3.46. The number of hydrogen-bond acceptors (Lipinski definition) is 6. The molecule has 1 fully saturated rings. The second-order valence-corrected chi connectivity index (χ2v) is 7.16. The van der Waals surface area contributed by atoms with Crippen molar-refractivity contribution in [3.63, 3.8) is 0 Å². The number of hydrogen-bond donors (Lipinski definition) is 1. The van der Waals surface area contributed by atoms with Crippen molar-refractivity contribution in [1.82, 2.24) is 10.2 Å². The minimum absolute atomic E-state index is 0.00863. The summed E-state index contributed by atoms with van der Waals surface area (Å²) < 4.78 is 5.38. The Hall–Kier alpha value is -2.97. The number of benzene rings is 2. The highest BCUT2D eigenvalue weighted by atomic mass is 16.6. The van der Waals surface area contributed by atoms with Gasteiger partial charge in [-0.2, -0.15) is 0 Å². The van der Waals surface area contributed by atoms with Crippen molar-refractivity contribution in [2.75, 3.05) is 51.8 Å². The molecule has 154 valence electrons. The lowest BCUT2D eigenvalue weighted by Gasteiger charge is -2.30. The monoisotopic (exact) mass is 398 g/mol. The molecule has 1 aliphatic heterocycles. The molecule has 1 heterocycles. The van der Waals surface area contributed by atoms with Crippen molar-refractivity contribution in [2.24, 2.45) is 0 Å². The summed E-state index contributed by atoms with van der Waals surface area (Å²) in [6, 6.07) is 14.3. The van der Waals surface area contributed by atoms with Crippen molar-refractivity contribution < 1.29 is 14.5 Å². The summed E-state index contributed by atoms with van der Waals surface area (Å²) in [5.41, 5.74) is 1.99. The van der Waals surface area contributed by atoms with Crippen LogP contribution in [0.15, 0.2) is 48.5 Å². The van der Waals surface area contributed by atoms with Crippen LogP contribution in [0.5, 0.6) is 0 Å². The van der Waals surface area contributed by atoms with Crippen molar-refractivity contribution >= 4 is 17.3 Å². The van der Waals surface area contributed by atoms with Crippen LogP contribution in [0.3, 0.4) is 0 Å².